The van der Waals surface area contributed by atoms with Gasteiger partial charge in [0.05, 0.1) is 5.41 Å². The summed E-state index contributed by atoms with van der Waals surface area (Å²) in [5.74, 6) is 0.285. The fraction of sp³-hybridized carbons (Fsp3) is 0.348. The van der Waals surface area contributed by atoms with E-state index in [2.05, 4.69) is 39.0 Å². The first-order valence-corrected chi connectivity index (χ1v) is 10.4. The molecule has 1 N–H and O–H groups in total. The van der Waals surface area contributed by atoms with Crippen LogP contribution in [-0.2, 0) is 16.8 Å². The molecule has 0 unspecified atom stereocenters. The van der Waals surface area contributed by atoms with Gasteiger partial charge in [0, 0.05) is 54.8 Å². The lowest BCUT2D eigenvalue weighted by molar-refractivity contribution is -0.135. The van der Waals surface area contributed by atoms with Gasteiger partial charge in [0.2, 0.25) is 5.91 Å². The van der Waals surface area contributed by atoms with Crippen molar-refractivity contribution in [2.45, 2.75) is 24.8 Å². The maximum atomic E-state index is 13.4. The van der Waals surface area contributed by atoms with Gasteiger partial charge in [-0.25, -0.2) is 0 Å². The first-order valence-electron chi connectivity index (χ1n) is 9.98. The Balaban J connectivity index is 1.30. The van der Waals surface area contributed by atoms with Gasteiger partial charge in [-0.2, -0.15) is 0 Å². The van der Waals surface area contributed by atoms with Gasteiger partial charge in [0.25, 0.3) is 0 Å². The van der Waals surface area contributed by atoms with E-state index in [0.29, 0.717) is 5.02 Å². The van der Waals surface area contributed by atoms with E-state index in [9.17, 15) is 4.79 Å². The number of hydrogen-bond donors (Lipinski definition) is 1. The first kappa shape index (κ1) is 17.8. The molecule has 0 bridgehead atoms. The second kappa shape index (κ2) is 6.94. The molecule has 1 saturated heterocycles. The molecule has 1 aliphatic heterocycles. The van der Waals surface area contributed by atoms with Crippen LogP contribution in [0.5, 0.6) is 0 Å². The minimum Gasteiger partial charge on any atom is -0.361 e. The highest BCUT2D eigenvalue weighted by atomic mass is 35.5. The average Bonchev–Trinajstić information content (AvgIpc) is 3.42. The lowest BCUT2D eigenvalue weighted by Crippen LogP contribution is -2.51. The largest absolute Gasteiger partial charge is 0.361 e. The van der Waals surface area contributed by atoms with Crippen LogP contribution in [0.1, 0.15) is 24.0 Å². The highest BCUT2D eigenvalue weighted by Gasteiger charge is 2.54. The molecule has 1 saturated carbocycles. The number of halogens is 1. The van der Waals surface area contributed by atoms with E-state index < -0.39 is 0 Å². The van der Waals surface area contributed by atoms with Crippen LogP contribution in [0.15, 0.2) is 54.7 Å². The summed E-state index contributed by atoms with van der Waals surface area (Å²) in [6, 6.07) is 16.4. The molecule has 1 aliphatic carbocycles. The fourth-order valence-corrected chi connectivity index (χ4v) is 4.64. The number of nitrogens with one attached hydrogen (secondary N) is 1. The predicted octanol–water partition coefficient (Wildman–Crippen LogP) is 4.20. The third-order valence-electron chi connectivity index (χ3n) is 6.23. The predicted molar refractivity (Wildman–Crippen MR) is 113 cm³/mol. The Morgan fingerprint density at radius 1 is 1.04 bits per heavy atom. The van der Waals surface area contributed by atoms with Crippen LogP contribution in [0.25, 0.3) is 10.9 Å². The van der Waals surface area contributed by atoms with E-state index >= 15 is 0 Å². The summed E-state index contributed by atoms with van der Waals surface area (Å²) in [7, 11) is 0. The van der Waals surface area contributed by atoms with Crippen molar-refractivity contribution in [3.8, 4) is 0 Å². The maximum absolute atomic E-state index is 13.4. The molecule has 1 amide bonds. The molecule has 2 fully saturated rings. The van der Waals surface area contributed by atoms with E-state index in [0.717, 1.165) is 62.0 Å². The first-order chi connectivity index (χ1) is 13.7. The molecule has 4 nitrogen and oxygen atoms in total. The smallest absolute Gasteiger partial charge is 0.233 e. The van der Waals surface area contributed by atoms with Gasteiger partial charge in [-0.15, -0.1) is 0 Å². The number of amides is 1. The van der Waals surface area contributed by atoms with Crippen LogP contribution in [0.3, 0.4) is 0 Å². The minimum atomic E-state index is -0.357. The molecule has 5 heteroatoms. The summed E-state index contributed by atoms with van der Waals surface area (Å²) < 4.78 is 0. The van der Waals surface area contributed by atoms with Gasteiger partial charge >= 0.3 is 0 Å². The number of fused-ring (bicyclic) bond motifs is 1. The molecule has 2 heterocycles. The van der Waals surface area contributed by atoms with Crippen LogP contribution in [0.2, 0.25) is 5.02 Å². The molecule has 1 aromatic heterocycles. The quantitative estimate of drug-likeness (QED) is 0.721. The highest BCUT2D eigenvalue weighted by Crippen LogP contribution is 2.52. The van der Waals surface area contributed by atoms with Gasteiger partial charge in [-0.1, -0.05) is 41.9 Å². The van der Waals surface area contributed by atoms with Crippen molar-refractivity contribution in [3.05, 3.63) is 70.9 Å². The van der Waals surface area contributed by atoms with E-state index in [-0.39, 0.29) is 11.3 Å². The maximum Gasteiger partial charge on any atom is 0.233 e. The molecule has 0 spiro atoms. The Labute approximate surface area is 170 Å². The van der Waals surface area contributed by atoms with Gasteiger partial charge in [-0.05, 0) is 42.2 Å². The zero-order chi connectivity index (χ0) is 19.1. The van der Waals surface area contributed by atoms with E-state index in [1.165, 1.54) is 5.56 Å². The SMILES string of the molecule is O=C(N1CCN(Cc2ccccc2)CC1)C1(c2c[nH]c3ccc(Cl)cc23)CC1. The number of benzene rings is 2. The van der Waals surface area contributed by atoms with Crippen LogP contribution >= 0.6 is 11.6 Å². The van der Waals surface area contributed by atoms with Crippen molar-refractivity contribution in [2.75, 3.05) is 26.2 Å². The molecular formula is C23H24ClN3O. The minimum absolute atomic E-state index is 0.285. The lowest BCUT2D eigenvalue weighted by Gasteiger charge is -2.36. The van der Waals surface area contributed by atoms with E-state index in [1.54, 1.807) is 0 Å². The Morgan fingerprint density at radius 2 is 1.79 bits per heavy atom. The number of piperazine rings is 1. The fourth-order valence-electron chi connectivity index (χ4n) is 4.47. The summed E-state index contributed by atoms with van der Waals surface area (Å²) >= 11 is 6.21. The zero-order valence-corrected chi connectivity index (χ0v) is 16.6. The summed E-state index contributed by atoms with van der Waals surface area (Å²) in [5, 5.41) is 1.80. The summed E-state index contributed by atoms with van der Waals surface area (Å²) in [4.78, 5) is 21.3. The lowest BCUT2D eigenvalue weighted by atomic mass is 9.93. The van der Waals surface area contributed by atoms with Crippen molar-refractivity contribution >= 4 is 28.4 Å². The van der Waals surface area contributed by atoms with Gasteiger partial charge < -0.3 is 9.88 Å². The summed E-state index contributed by atoms with van der Waals surface area (Å²) in [6.45, 7) is 4.41. The number of nitrogens with zero attached hydrogens (tertiary/aromatic N) is 2. The number of rotatable bonds is 4. The number of carbonyl (C=O) groups is 1. The molecular weight excluding hydrogens is 370 g/mol. The van der Waals surface area contributed by atoms with Crippen LogP contribution in [-0.4, -0.2) is 46.9 Å². The molecule has 5 rings (SSSR count). The van der Waals surface area contributed by atoms with Crippen LogP contribution < -0.4 is 0 Å². The standard InChI is InChI=1S/C23H24ClN3O/c24-18-6-7-21-19(14-18)20(15-25-21)23(8-9-23)22(28)27-12-10-26(11-13-27)16-17-4-2-1-3-5-17/h1-7,14-15,25H,8-13,16H2. The topological polar surface area (TPSA) is 39.3 Å². The van der Waals surface area contributed by atoms with Crippen molar-refractivity contribution in [1.29, 1.82) is 0 Å². The third kappa shape index (κ3) is 3.11. The van der Waals surface area contributed by atoms with Crippen molar-refractivity contribution in [1.82, 2.24) is 14.8 Å². The third-order valence-corrected chi connectivity index (χ3v) is 6.46. The molecule has 144 valence electrons. The van der Waals surface area contributed by atoms with E-state index in [1.807, 2.05) is 30.5 Å². The summed E-state index contributed by atoms with van der Waals surface area (Å²) in [5.41, 5.74) is 3.13. The van der Waals surface area contributed by atoms with Crippen LogP contribution in [0, 0.1) is 0 Å². The zero-order valence-electron chi connectivity index (χ0n) is 15.8. The Hall–Kier alpha value is -2.30. The van der Waals surface area contributed by atoms with Crippen LogP contribution in [0.4, 0.5) is 0 Å². The normalized spacial score (nSPS) is 19.1. The molecule has 2 aliphatic rings. The Morgan fingerprint density at radius 3 is 2.50 bits per heavy atom. The molecule has 2 aromatic carbocycles. The van der Waals surface area contributed by atoms with Gasteiger partial charge in [0.1, 0.15) is 0 Å². The number of carbonyl (C=O) groups excluding carboxylic acids is 1. The molecule has 3 aromatic rings. The number of aromatic amines is 1. The number of aromatic nitrogens is 1. The molecule has 28 heavy (non-hydrogen) atoms. The number of hydrogen-bond acceptors (Lipinski definition) is 2. The van der Waals surface area contributed by atoms with Crippen molar-refractivity contribution < 1.29 is 4.79 Å². The highest BCUT2D eigenvalue weighted by molar-refractivity contribution is 6.31. The summed E-state index contributed by atoms with van der Waals surface area (Å²) in [6.07, 6.45) is 3.86. The van der Waals surface area contributed by atoms with Crippen molar-refractivity contribution in [3.63, 3.8) is 0 Å². The van der Waals surface area contributed by atoms with E-state index in [4.69, 9.17) is 11.6 Å². The Kier molecular flexibility index (Phi) is 4.41. The number of H-pyrrole nitrogens is 1. The molecule has 0 atom stereocenters. The average molecular weight is 394 g/mol. The second-order valence-electron chi connectivity index (χ2n) is 8.03. The molecule has 0 radical (unpaired) electrons. The van der Waals surface area contributed by atoms with Crippen molar-refractivity contribution in [2.24, 2.45) is 0 Å². The monoisotopic (exact) mass is 393 g/mol. The Bertz CT molecular complexity index is 1000. The van der Waals surface area contributed by atoms with Gasteiger partial charge in [0.15, 0.2) is 0 Å². The van der Waals surface area contributed by atoms with Gasteiger partial charge in [-0.3, -0.25) is 9.69 Å². The second-order valence-corrected chi connectivity index (χ2v) is 8.46.